The van der Waals surface area contributed by atoms with E-state index in [0.29, 0.717) is 49.8 Å². The summed E-state index contributed by atoms with van der Waals surface area (Å²) < 4.78 is 5.33. The molecule has 3 amide bonds. The minimum Gasteiger partial charge on any atom is -0.465 e. The Balaban J connectivity index is 1.67. The van der Waals surface area contributed by atoms with Crippen LogP contribution in [0, 0.1) is 5.92 Å². The molecule has 0 spiro atoms. The third kappa shape index (κ3) is 6.31. The number of nitrogens with one attached hydrogen (secondary N) is 1. The molecular weight excluding hydrogens is 394 g/mol. The van der Waals surface area contributed by atoms with E-state index in [1.54, 1.807) is 41.3 Å². The van der Waals surface area contributed by atoms with E-state index in [0.717, 1.165) is 6.42 Å². The molecule has 7 heteroatoms. The van der Waals surface area contributed by atoms with E-state index in [1.165, 1.54) is 12.3 Å². The van der Waals surface area contributed by atoms with Gasteiger partial charge in [-0.1, -0.05) is 32.0 Å². The van der Waals surface area contributed by atoms with E-state index in [-0.39, 0.29) is 23.4 Å². The zero-order valence-corrected chi connectivity index (χ0v) is 18.0. The Morgan fingerprint density at radius 1 is 1.00 bits per heavy atom. The maximum Gasteiger partial charge on any atom is 0.270 e. The molecule has 1 aliphatic rings. The van der Waals surface area contributed by atoms with Crippen LogP contribution >= 0.6 is 0 Å². The first-order valence-electron chi connectivity index (χ1n) is 10.6. The van der Waals surface area contributed by atoms with Gasteiger partial charge in [-0.05, 0) is 36.6 Å². The number of furan rings is 1. The van der Waals surface area contributed by atoms with Crippen molar-refractivity contribution in [2.24, 2.45) is 5.92 Å². The second-order valence-electron chi connectivity index (χ2n) is 8.00. The van der Waals surface area contributed by atoms with Crippen molar-refractivity contribution in [3.8, 4) is 0 Å². The lowest BCUT2D eigenvalue weighted by molar-refractivity contribution is -0.137. The van der Waals surface area contributed by atoms with Crippen LogP contribution < -0.4 is 5.32 Å². The molecule has 1 fully saturated rings. The monoisotopic (exact) mass is 423 g/mol. The van der Waals surface area contributed by atoms with Gasteiger partial charge < -0.3 is 19.5 Å². The fourth-order valence-electron chi connectivity index (χ4n) is 3.35. The SMILES string of the molecule is CC(C)CCC(=O)N1CCN(C(=O)C(=Cc2ccco2)NC(=O)c2ccccc2)CC1. The van der Waals surface area contributed by atoms with Crippen molar-refractivity contribution in [1.29, 1.82) is 0 Å². The smallest absolute Gasteiger partial charge is 0.270 e. The van der Waals surface area contributed by atoms with E-state index in [2.05, 4.69) is 19.2 Å². The molecule has 0 unspecified atom stereocenters. The van der Waals surface area contributed by atoms with Crippen molar-refractivity contribution in [2.45, 2.75) is 26.7 Å². The third-order valence-corrected chi connectivity index (χ3v) is 5.20. The summed E-state index contributed by atoms with van der Waals surface area (Å²) in [5.74, 6) is 0.419. The molecule has 0 bridgehead atoms. The maximum atomic E-state index is 13.2. The molecule has 0 radical (unpaired) electrons. The Morgan fingerprint density at radius 2 is 1.68 bits per heavy atom. The summed E-state index contributed by atoms with van der Waals surface area (Å²) in [6.07, 6.45) is 4.43. The van der Waals surface area contributed by atoms with Crippen LogP contribution in [0.25, 0.3) is 6.08 Å². The topological polar surface area (TPSA) is 82.9 Å². The zero-order valence-electron chi connectivity index (χ0n) is 18.0. The summed E-state index contributed by atoms with van der Waals surface area (Å²) in [6.45, 7) is 6.01. The molecule has 0 aliphatic carbocycles. The van der Waals surface area contributed by atoms with Gasteiger partial charge in [0, 0.05) is 44.2 Å². The van der Waals surface area contributed by atoms with Crippen molar-refractivity contribution in [2.75, 3.05) is 26.2 Å². The van der Waals surface area contributed by atoms with Crippen molar-refractivity contribution in [3.05, 3.63) is 65.7 Å². The fourth-order valence-corrected chi connectivity index (χ4v) is 3.35. The van der Waals surface area contributed by atoms with Crippen molar-refractivity contribution < 1.29 is 18.8 Å². The average Bonchev–Trinajstić information content (AvgIpc) is 3.30. The number of piperazine rings is 1. The summed E-state index contributed by atoms with van der Waals surface area (Å²) in [5, 5.41) is 2.73. The van der Waals surface area contributed by atoms with Crippen LogP contribution in [0.3, 0.4) is 0 Å². The molecule has 164 valence electrons. The summed E-state index contributed by atoms with van der Waals surface area (Å²) in [7, 11) is 0. The van der Waals surface area contributed by atoms with Gasteiger partial charge in [0.15, 0.2) is 0 Å². The van der Waals surface area contributed by atoms with Crippen molar-refractivity contribution in [3.63, 3.8) is 0 Å². The van der Waals surface area contributed by atoms with Crippen LogP contribution in [-0.2, 0) is 9.59 Å². The Bertz CT molecular complexity index is 912. The van der Waals surface area contributed by atoms with Crippen LogP contribution in [0.15, 0.2) is 58.8 Å². The van der Waals surface area contributed by atoms with Gasteiger partial charge in [0.05, 0.1) is 6.26 Å². The Kier molecular flexibility index (Phi) is 7.65. The summed E-state index contributed by atoms with van der Waals surface area (Å²) in [6, 6.07) is 12.2. The van der Waals surface area contributed by atoms with Gasteiger partial charge in [-0.25, -0.2) is 0 Å². The molecule has 2 heterocycles. The molecule has 3 rings (SSSR count). The van der Waals surface area contributed by atoms with E-state index in [9.17, 15) is 14.4 Å². The molecule has 2 aromatic rings. The lowest BCUT2D eigenvalue weighted by Gasteiger charge is -2.35. The predicted octanol–water partition coefficient (Wildman–Crippen LogP) is 3.16. The van der Waals surface area contributed by atoms with Gasteiger partial charge >= 0.3 is 0 Å². The molecule has 0 atom stereocenters. The zero-order chi connectivity index (χ0) is 22.2. The second-order valence-corrected chi connectivity index (χ2v) is 8.00. The molecule has 0 saturated carbocycles. The van der Waals surface area contributed by atoms with Gasteiger partial charge in [-0.3, -0.25) is 14.4 Å². The number of carbonyl (C=O) groups is 3. The quantitative estimate of drug-likeness (QED) is 0.694. The summed E-state index contributed by atoms with van der Waals surface area (Å²) in [4.78, 5) is 41.7. The Hall–Kier alpha value is -3.35. The van der Waals surface area contributed by atoms with Gasteiger partial charge in [0.1, 0.15) is 11.5 Å². The van der Waals surface area contributed by atoms with Gasteiger partial charge in [0.2, 0.25) is 5.91 Å². The number of carbonyl (C=O) groups excluding carboxylic acids is 3. The minimum absolute atomic E-state index is 0.129. The van der Waals surface area contributed by atoms with Crippen LogP contribution in [-0.4, -0.2) is 53.7 Å². The second kappa shape index (κ2) is 10.6. The number of rotatable bonds is 7. The van der Waals surface area contributed by atoms with Crippen LogP contribution in [0.1, 0.15) is 42.8 Å². The highest BCUT2D eigenvalue weighted by Gasteiger charge is 2.27. The highest BCUT2D eigenvalue weighted by molar-refractivity contribution is 6.05. The Morgan fingerprint density at radius 3 is 2.29 bits per heavy atom. The van der Waals surface area contributed by atoms with E-state index >= 15 is 0 Å². The van der Waals surface area contributed by atoms with Crippen molar-refractivity contribution >= 4 is 23.8 Å². The fraction of sp³-hybridized carbons (Fsp3) is 0.375. The molecule has 31 heavy (non-hydrogen) atoms. The van der Waals surface area contributed by atoms with Gasteiger partial charge in [-0.2, -0.15) is 0 Å². The average molecular weight is 424 g/mol. The largest absolute Gasteiger partial charge is 0.465 e. The molecule has 1 saturated heterocycles. The third-order valence-electron chi connectivity index (χ3n) is 5.20. The van der Waals surface area contributed by atoms with E-state index in [1.807, 2.05) is 11.0 Å². The first-order chi connectivity index (χ1) is 14.9. The molecule has 1 N–H and O–H groups in total. The molecule has 1 aromatic carbocycles. The normalized spacial score (nSPS) is 14.6. The van der Waals surface area contributed by atoms with Gasteiger partial charge in [-0.15, -0.1) is 0 Å². The number of hydrogen-bond acceptors (Lipinski definition) is 4. The van der Waals surface area contributed by atoms with E-state index in [4.69, 9.17) is 4.42 Å². The molecule has 1 aromatic heterocycles. The van der Waals surface area contributed by atoms with Crippen LogP contribution in [0.2, 0.25) is 0 Å². The lowest BCUT2D eigenvalue weighted by Crippen LogP contribution is -2.52. The van der Waals surface area contributed by atoms with Gasteiger partial charge in [0.25, 0.3) is 11.8 Å². The lowest BCUT2D eigenvalue weighted by atomic mass is 10.1. The Labute approximate surface area is 182 Å². The summed E-state index contributed by atoms with van der Waals surface area (Å²) in [5.41, 5.74) is 0.601. The number of nitrogens with zero attached hydrogens (tertiary/aromatic N) is 2. The first kappa shape index (κ1) is 22.3. The predicted molar refractivity (Wildman–Crippen MR) is 118 cm³/mol. The minimum atomic E-state index is -0.366. The first-order valence-corrected chi connectivity index (χ1v) is 10.6. The van der Waals surface area contributed by atoms with Crippen molar-refractivity contribution in [1.82, 2.24) is 15.1 Å². The highest BCUT2D eigenvalue weighted by Crippen LogP contribution is 2.14. The summed E-state index contributed by atoms with van der Waals surface area (Å²) >= 11 is 0. The molecular formula is C24H29N3O4. The standard InChI is InChI=1S/C24H29N3O4/c1-18(2)10-11-22(28)26-12-14-27(15-13-26)24(30)21(17-20-9-6-16-31-20)25-23(29)19-7-4-3-5-8-19/h3-9,16-18H,10-15H2,1-2H3,(H,25,29). The maximum absolute atomic E-state index is 13.2. The molecule has 1 aliphatic heterocycles. The number of amides is 3. The molecule has 7 nitrogen and oxygen atoms in total. The van der Waals surface area contributed by atoms with Crippen LogP contribution in [0.4, 0.5) is 0 Å². The number of benzene rings is 1. The van der Waals surface area contributed by atoms with Crippen LogP contribution in [0.5, 0.6) is 0 Å². The number of hydrogen-bond donors (Lipinski definition) is 1. The highest BCUT2D eigenvalue weighted by atomic mass is 16.3. The van der Waals surface area contributed by atoms with E-state index < -0.39 is 0 Å².